The summed E-state index contributed by atoms with van der Waals surface area (Å²) in [6.45, 7) is 1.66. The first kappa shape index (κ1) is 2.47. The van der Waals surface area contributed by atoms with Gasteiger partial charge in [-0.1, -0.05) is 6.08 Å². The molecule has 5 heavy (non-hydrogen) atoms. The van der Waals surface area contributed by atoms with Crippen molar-refractivity contribution < 1.29 is 1.37 Å². The van der Waals surface area contributed by atoms with Crippen molar-refractivity contribution in [2.24, 2.45) is 0 Å². The first-order valence-corrected chi connectivity index (χ1v) is 1.34. The molecule has 0 bridgehead atoms. The van der Waals surface area contributed by atoms with Gasteiger partial charge in [-0.25, -0.2) is 0 Å². The lowest BCUT2D eigenvalue weighted by molar-refractivity contribution is 1.53. The van der Waals surface area contributed by atoms with E-state index in [1.807, 2.05) is 0 Å². The molecule has 0 N–H and O–H groups in total. The Morgan fingerprint density at radius 1 is 2.20 bits per heavy atom. The Balaban J connectivity index is 3.61. The molecular formula is C4H5N. The minimum Gasteiger partial charge on any atom is -0.193 e. The maximum Gasteiger partial charge on any atom is 0.0908 e. The molecule has 26 valence electrons. The summed E-state index contributed by atoms with van der Waals surface area (Å²) in [5.41, 5.74) is 0. The highest BCUT2D eigenvalue weighted by Gasteiger charge is 1.45. The molecule has 0 unspecified atom stereocenters. The Morgan fingerprint density at radius 3 is 2.80 bits per heavy atom. The van der Waals surface area contributed by atoms with E-state index in [0.717, 1.165) is 0 Å². The second kappa shape index (κ2) is 3.23. The molecule has 0 rings (SSSR count). The number of nitriles is 1. The van der Waals surface area contributed by atoms with Gasteiger partial charge in [0.2, 0.25) is 0 Å². The van der Waals surface area contributed by atoms with Crippen molar-refractivity contribution in [1.29, 1.82) is 5.26 Å². The molecule has 0 aromatic heterocycles. The van der Waals surface area contributed by atoms with E-state index in [1.165, 1.54) is 6.08 Å². The van der Waals surface area contributed by atoms with Crippen LogP contribution in [0.5, 0.6) is 0 Å². The Labute approximate surface area is 32.9 Å². The third-order valence-electron chi connectivity index (χ3n) is 0.209. The van der Waals surface area contributed by atoms with Gasteiger partial charge in [0, 0.05) is 6.05 Å². The molecular weight excluding hydrogens is 62.1 g/mol. The summed E-state index contributed by atoms with van der Waals surface area (Å²) < 4.78 is 6.57. The molecule has 0 radical (unpaired) electrons. The van der Waals surface area contributed by atoms with Crippen LogP contribution in [0.3, 0.4) is 0 Å². The lowest BCUT2D eigenvalue weighted by Crippen LogP contribution is -1.35. The van der Waals surface area contributed by atoms with Crippen molar-refractivity contribution in [3.63, 3.8) is 0 Å². The molecule has 0 aliphatic rings. The Morgan fingerprint density at radius 2 is 2.80 bits per heavy atom. The largest absolute Gasteiger partial charge is 0.193 e. The first-order chi connectivity index (χ1) is 2.81. The summed E-state index contributed by atoms with van der Waals surface area (Å²) in [5, 5.41) is 7.83. The van der Waals surface area contributed by atoms with E-state index in [2.05, 4.69) is 0 Å². The average Bonchev–Trinajstić information content (AvgIpc) is 1.65. The average molecular weight is 68.1 g/mol. The summed E-state index contributed by atoms with van der Waals surface area (Å²) >= 11 is 0. The van der Waals surface area contributed by atoms with Crippen LogP contribution >= 0.6 is 0 Å². The van der Waals surface area contributed by atoms with E-state index in [9.17, 15) is 0 Å². The first-order valence-electron chi connectivity index (χ1n) is 1.84. The second-order valence-corrected chi connectivity index (χ2v) is 0.545. The fourth-order valence-electron chi connectivity index (χ4n) is 0.0645. The molecule has 0 atom stereocenters. The van der Waals surface area contributed by atoms with E-state index in [0.29, 0.717) is 0 Å². The molecule has 0 aliphatic heterocycles. The molecule has 0 fully saturated rings. The Hall–Kier alpha value is -0.770. The van der Waals surface area contributed by atoms with E-state index >= 15 is 0 Å². The SMILES string of the molecule is [2H]/C(C#N)=C/C. The molecule has 0 amide bonds. The minimum absolute atomic E-state index is 0.0231. The van der Waals surface area contributed by atoms with Crippen LogP contribution in [0.25, 0.3) is 0 Å². The third kappa shape index (κ3) is 3.23. The van der Waals surface area contributed by atoms with E-state index in [-0.39, 0.29) is 6.05 Å². The van der Waals surface area contributed by atoms with Crippen molar-refractivity contribution in [1.82, 2.24) is 0 Å². The van der Waals surface area contributed by atoms with Gasteiger partial charge in [-0.2, -0.15) is 5.26 Å². The van der Waals surface area contributed by atoms with Crippen molar-refractivity contribution in [3.8, 4) is 6.07 Å². The van der Waals surface area contributed by atoms with Crippen LogP contribution < -0.4 is 0 Å². The summed E-state index contributed by atoms with van der Waals surface area (Å²) in [7, 11) is 0. The number of hydrogen-bond donors (Lipinski definition) is 0. The van der Waals surface area contributed by atoms with Gasteiger partial charge in [-0.05, 0) is 6.92 Å². The lowest BCUT2D eigenvalue weighted by atomic mass is 10.6. The normalized spacial score (nSPS) is 12.8. The maximum absolute atomic E-state index is 7.83. The topological polar surface area (TPSA) is 23.8 Å². The zero-order chi connectivity index (χ0) is 4.99. The smallest absolute Gasteiger partial charge is 0.0908 e. The molecule has 0 heterocycles. The summed E-state index contributed by atoms with van der Waals surface area (Å²) in [6, 6.07) is 1.67. The van der Waals surface area contributed by atoms with Crippen LogP contribution in [0, 0.1) is 11.3 Å². The minimum atomic E-state index is 0.0231. The van der Waals surface area contributed by atoms with Gasteiger partial charge in [-0.15, -0.1) is 0 Å². The number of rotatable bonds is 0. The molecule has 1 nitrogen and oxygen atoms in total. The summed E-state index contributed by atoms with van der Waals surface area (Å²) in [6.07, 6.45) is 1.44. The predicted octanol–water partition coefficient (Wildman–Crippen LogP) is 1.09. The predicted molar refractivity (Wildman–Crippen MR) is 20.4 cm³/mol. The quantitative estimate of drug-likeness (QED) is 0.390. The van der Waals surface area contributed by atoms with Gasteiger partial charge < -0.3 is 0 Å². The van der Waals surface area contributed by atoms with Gasteiger partial charge >= 0.3 is 0 Å². The standard InChI is InChI=1S/C4H5N/c1-2-3-4-5/h2-3H,1H3/b3-2-/i3D. The van der Waals surface area contributed by atoms with Gasteiger partial charge in [0.25, 0.3) is 0 Å². The van der Waals surface area contributed by atoms with E-state index < -0.39 is 0 Å². The highest BCUT2D eigenvalue weighted by Crippen LogP contribution is 1.58. The monoisotopic (exact) mass is 68.0 g/mol. The molecule has 0 aromatic carbocycles. The second-order valence-electron chi connectivity index (χ2n) is 0.545. The molecule has 0 saturated heterocycles. The van der Waals surface area contributed by atoms with Gasteiger partial charge in [0.1, 0.15) is 0 Å². The molecule has 0 aromatic rings. The van der Waals surface area contributed by atoms with Crippen LogP contribution in [0.4, 0.5) is 0 Å². The van der Waals surface area contributed by atoms with Crippen LogP contribution in [0.1, 0.15) is 8.29 Å². The summed E-state index contributed by atoms with van der Waals surface area (Å²) in [5.74, 6) is 0. The Bertz CT molecular complexity index is 98.6. The number of nitrogens with zero attached hydrogens (tertiary/aromatic N) is 1. The van der Waals surface area contributed by atoms with Crippen LogP contribution in [-0.4, -0.2) is 0 Å². The molecule has 0 saturated carbocycles. The van der Waals surface area contributed by atoms with Gasteiger partial charge in [-0.3, -0.25) is 0 Å². The molecule has 0 spiro atoms. The highest BCUT2D eigenvalue weighted by atomic mass is 14.2. The van der Waals surface area contributed by atoms with E-state index in [1.54, 1.807) is 13.0 Å². The van der Waals surface area contributed by atoms with Crippen molar-refractivity contribution >= 4 is 0 Å². The highest BCUT2D eigenvalue weighted by molar-refractivity contribution is 4.99. The van der Waals surface area contributed by atoms with Crippen LogP contribution in [0.15, 0.2) is 12.1 Å². The third-order valence-corrected chi connectivity index (χ3v) is 0.209. The zero-order valence-electron chi connectivity index (χ0n) is 4.02. The van der Waals surface area contributed by atoms with Crippen LogP contribution in [-0.2, 0) is 0 Å². The number of hydrogen-bond acceptors (Lipinski definition) is 1. The fourth-order valence-corrected chi connectivity index (χ4v) is 0.0645. The number of allylic oxidation sites excluding steroid dienone is 2. The van der Waals surface area contributed by atoms with Gasteiger partial charge in [0.15, 0.2) is 0 Å². The van der Waals surface area contributed by atoms with Gasteiger partial charge in [0.05, 0.1) is 7.44 Å². The zero-order valence-corrected chi connectivity index (χ0v) is 3.02. The van der Waals surface area contributed by atoms with Crippen molar-refractivity contribution in [2.45, 2.75) is 6.92 Å². The molecule has 0 aliphatic carbocycles. The van der Waals surface area contributed by atoms with E-state index in [4.69, 9.17) is 6.63 Å². The molecule has 1 heteroatoms. The van der Waals surface area contributed by atoms with Crippen molar-refractivity contribution in [2.75, 3.05) is 0 Å². The maximum atomic E-state index is 7.83. The summed E-state index contributed by atoms with van der Waals surface area (Å²) in [4.78, 5) is 0. The fraction of sp³-hybridized carbons (Fsp3) is 0.250. The van der Waals surface area contributed by atoms with Crippen molar-refractivity contribution in [3.05, 3.63) is 12.1 Å². The Kier molecular flexibility index (Phi) is 1.59. The lowest BCUT2D eigenvalue weighted by Gasteiger charge is -1.47. The van der Waals surface area contributed by atoms with Crippen LogP contribution in [0.2, 0.25) is 0 Å².